The Hall–Kier alpha value is -1.95. The van der Waals surface area contributed by atoms with Crippen LogP contribution in [0.15, 0.2) is 24.3 Å². The van der Waals surface area contributed by atoms with Crippen molar-refractivity contribution in [2.24, 2.45) is 5.73 Å². The van der Waals surface area contributed by atoms with E-state index in [2.05, 4.69) is 5.32 Å². The van der Waals surface area contributed by atoms with Crippen LogP contribution in [-0.2, 0) is 4.79 Å². The largest absolute Gasteiger partial charge is 0.370 e. The summed E-state index contributed by atoms with van der Waals surface area (Å²) in [6.45, 7) is 2.70. The van der Waals surface area contributed by atoms with Crippen molar-refractivity contribution in [1.29, 1.82) is 0 Å². The van der Waals surface area contributed by atoms with Gasteiger partial charge in [-0.15, -0.1) is 0 Å². The van der Waals surface area contributed by atoms with E-state index in [4.69, 9.17) is 5.73 Å². The third kappa shape index (κ3) is 5.48. The highest BCUT2D eigenvalue weighted by Gasteiger charge is 2.10. The number of hydrogen-bond acceptors (Lipinski definition) is 4. The molecule has 0 heterocycles. The van der Waals surface area contributed by atoms with Crippen LogP contribution >= 0.6 is 0 Å². The van der Waals surface area contributed by atoms with E-state index in [0.717, 1.165) is 24.9 Å². The van der Waals surface area contributed by atoms with Crippen molar-refractivity contribution in [2.75, 3.05) is 6.54 Å². The van der Waals surface area contributed by atoms with Gasteiger partial charge in [-0.05, 0) is 31.9 Å². The zero-order chi connectivity index (χ0) is 14.3. The normalized spacial score (nSPS) is 12.1. The minimum atomic E-state index is -0.400. The van der Waals surface area contributed by atoms with Gasteiger partial charge in [0.05, 0.1) is 4.92 Å². The molecule has 6 nitrogen and oxygen atoms in total. The lowest BCUT2D eigenvalue weighted by Crippen LogP contribution is -2.20. The zero-order valence-corrected chi connectivity index (χ0v) is 11.0. The molecule has 104 valence electrons. The molecule has 1 rings (SSSR count). The number of carbonyl (C=O) groups excluding carboxylic acids is 1. The summed E-state index contributed by atoms with van der Waals surface area (Å²) in [5.74, 6) is -0.285. The summed E-state index contributed by atoms with van der Waals surface area (Å²) in [6.07, 6.45) is 2.00. The van der Waals surface area contributed by atoms with Crippen LogP contribution < -0.4 is 11.1 Å². The summed E-state index contributed by atoms with van der Waals surface area (Å²) in [4.78, 5) is 20.8. The average Bonchev–Trinajstić information content (AvgIpc) is 2.37. The van der Waals surface area contributed by atoms with Gasteiger partial charge in [-0.1, -0.05) is 12.1 Å². The molecule has 1 aromatic rings. The van der Waals surface area contributed by atoms with E-state index in [1.165, 1.54) is 6.07 Å². The molecule has 1 unspecified atom stereocenters. The Bertz CT molecular complexity index is 449. The van der Waals surface area contributed by atoms with Gasteiger partial charge in [-0.2, -0.15) is 0 Å². The minimum Gasteiger partial charge on any atom is -0.370 e. The van der Waals surface area contributed by atoms with Crippen LogP contribution in [0.25, 0.3) is 0 Å². The fourth-order valence-corrected chi connectivity index (χ4v) is 1.77. The van der Waals surface area contributed by atoms with Crippen molar-refractivity contribution in [1.82, 2.24) is 5.32 Å². The standard InChI is InChI=1S/C13H19N3O3/c1-10(15-8-3-2-7-13(14)17)11-5-4-6-12(9-11)16(18)19/h4-6,9-10,15H,2-3,7-8H2,1H3,(H2,14,17). The van der Waals surface area contributed by atoms with Gasteiger partial charge in [-0.3, -0.25) is 14.9 Å². The molecule has 1 aromatic carbocycles. The number of nitro groups is 1. The van der Waals surface area contributed by atoms with Gasteiger partial charge in [0.15, 0.2) is 0 Å². The fourth-order valence-electron chi connectivity index (χ4n) is 1.77. The van der Waals surface area contributed by atoms with Crippen LogP contribution in [-0.4, -0.2) is 17.4 Å². The molecule has 0 radical (unpaired) electrons. The van der Waals surface area contributed by atoms with E-state index in [-0.39, 0.29) is 17.6 Å². The molecule has 0 saturated carbocycles. The second-order valence-electron chi connectivity index (χ2n) is 4.45. The number of hydrogen-bond donors (Lipinski definition) is 2. The third-order valence-electron chi connectivity index (χ3n) is 2.88. The lowest BCUT2D eigenvalue weighted by atomic mass is 10.1. The number of non-ortho nitro benzene ring substituents is 1. The Morgan fingerprint density at radius 3 is 2.84 bits per heavy atom. The third-order valence-corrected chi connectivity index (χ3v) is 2.88. The molecule has 3 N–H and O–H groups in total. The number of primary amides is 1. The molecular formula is C13H19N3O3. The number of unbranched alkanes of at least 4 members (excludes halogenated alkanes) is 1. The van der Waals surface area contributed by atoms with Crippen molar-refractivity contribution in [2.45, 2.75) is 32.2 Å². The monoisotopic (exact) mass is 265 g/mol. The smallest absolute Gasteiger partial charge is 0.269 e. The van der Waals surface area contributed by atoms with Gasteiger partial charge in [0, 0.05) is 24.6 Å². The summed E-state index contributed by atoms with van der Waals surface area (Å²) in [5.41, 5.74) is 6.02. The van der Waals surface area contributed by atoms with Crippen LogP contribution in [0.2, 0.25) is 0 Å². The molecule has 0 aliphatic rings. The molecule has 0 fully saturated rings. The summed E-state index contributed by atoms with van der Waals surface area (Å²) in [7, 11) is 0. The topological polar surface area (TPSA) is 98.3 Å². The Morgan fingerprint density at radius 2 is 2.21 bits per heavy atom. The second kappa shape index (κ2) is 7.48. The van der Waals surface area contributed by atoms with Crippen molar-refractivity contribution in [3.8, 4) is 0 Å². The molecule has 1 atom stereocenters. The highest BCUT2D eigenvalue weighted by Crippen LogP contribution is 2.18. The Morgan fingerprint density at radius 1 is 1.47 bits per heavy atom. The molecular weight excluding hydrogens is 246 g/mol. The van der Waals surface area contributed by atoms with Gasteiger partial charge in [-0.25, -0.2) is 0 Å². The van der Waals surface area contributed by atoms with E-state index in [9.17, 15) is 14.9 Å². The van der Waals surface area contributed by atoms with Crippen LogP contribution in [0.4, 0.5) is 5.69 Å². The first-order valence-corrected chi connectivity index (χ1v) is 6.26. The van der Waals surface area contributed by atoms with Crippen LogP contribution in [0.3, 0.4) is 0 Å². The first kappa shape index (κ1) is 15.1. The van der Waals surface area contributed by atoms with Crippen molar-refractivity contribution >= 4 is 11.6 Å². The molecule has 19 heavy (non-hydrogen) atoms. The van der Waals surface area contributed by atoms with Crippen LogP contribution in [0, 0.1) is 10.1 Å². The number of rotatable bonds is 8. The molecule has 1 amide bonds. The molecule has 0 aromatic heterocycles. The lowest BCUT2D eigenvalue weighted by molar-refractivity contribution is -0.384. The number of benzene rings is 1. The van der Waals surface area contributed by atoms with Gasteiger partial charge < -0.3 is 11.1 Å². The molecule has 0 aliphatic heterocycles. The average molecular weight is 265 g/mol. The van der Waals surface area contributed by atoms with E-state index < -0.39 is 4.92 Å². The van der Waals surface area contributed by atoms with E-state index in [1.807, 2.05) is 13.0 Å². The van der Waals surface area contributed by atoms with E-state index in [1.54, 1.807) is 12.1 Å². The Kier molecular flexibility index (Phi) is 5.95. The predicted octanol–water partition coefficient (Wildman–Crippen LogP) is 1.90. The summed E-state index contributed by atoms with van der Waals surface area (Å²) < 4.78 is 0. The van der Waals surface area contributed by atoms with Crippen molar-refractivity contribution in [3.05, 3.63) is 39.9 Å². The predicted molar refractivity (Wildman–Crippen MR) is 72.6 cm³/mol. The van der Waals surface area contributed by atoms with Gasteiger partial charge in [0.25, 0.3) is 5.69 Å². The Balaban J connectivity index is 2.40. The molecule has 0 aliphatic carbocycles. The molecule has 0 saturated heterocycles. The van der Waals surface area contributed by atoms with Gasteiger partial charge in [0.1, 0.15) is 0 Å². The number of nitrogens with two attached hydrogens (primary N) is 1. The number of nitro benzene ring substituents is 1. The highest BCUT2D eigenvalue weighted by atomic mass is 16.6. The first-order valence-electron chi connectivity index (χ1n) is 6.26. The van der Waals surface area contributed by atoms with Crippen LogP contribution in [0.1, 0.15) is 37.8 Å². The maximum atomic E-state index is 10.7. The van der Waals surface area contributed by atoms with Gasteiger partial charge >= 0.3 is 0 Å². The summed E-state index contributed by atoms with van der Waals surface area (Å²) in [6, 6.07) is 6.62. The number of nitrogens with zero attached hydrogens (tertiary/aromatic N) is 1. The Labute approximate surface area is 112 Å². The number of nitrogens with one attached hydrogen (secondary N) is 1. The second-order valence-corrected chi connectivity index (χ2v) is 4.45. The lowest BCUT2D eigenvalue weighted by Gasteiger charge is -2.13. The molecule has 0 bridgehead atoms. The zero-order valence-electron chi connectivity index (χ0n) is 11.0. The van der Waals surface area contributed by atoms with Crippen molar-refractivity contribution in [3.63, 3.8) is 0 Å². The first-order chi connectivity index (χ1) is 9.00. The van der Waals surface area contributed by atoms with E-state index in [0.29, 0.717) is 6.42 Å². The maximum absolute atomic E-state index is 10.7. The SMILES string of the molecule is CC(NCCCCC(N)=O)c1cccc([N+](=O)[O-])c1. The van der Waals surface area contributed by atoms with Gasteiger partial charge in [0.2, 0.25) is 5.91 Å². The minimum absolute atomic E-state index is 0.0356. The quantitative estimate of drug-likeness (QED) is 0.426. The fraction of sp³-hybridized carbons (Fsp3) is 0.462. The van der Waals surface area contributed by atoms with Crippen molar-refractivity contribution < 1.29 is 9.72 Å². The summed E-state index contributed by atoms with van der Waals surface area (Å²) >= 11 is 0. The molecule has 6 heteroatoms. The maximum Gasteiger partial charge on any atom is 0.269 e. The molecule has 0 spiro atoms. The summed E-state index contributed by atoms with van der Waals surface area (Å²) in [5, 5.41) is 13.9. The number of carbonyl (C=O) groups is 1. The number of amides is 1. The van der Waals surface area contributed by atoms with E-state index >= 15 is 0 Å². The van der Waals surface area contributed by atoms with Crippen LogP contribution in [0.5, 0.6) is 0 Å². The highest BCUT2D eigenvalue weighted by molar-refractivity contribution is 5.73.